The Morgan fingerprint density at radius 2 is 2.50 bits per heavy atom. The van der Waals surface area contributed by atoms with Gasteiger partial charge in [0.2, 0.25) is 0 Å². The molecule has 6 nitrogen and oxygen atoms in total. The largest absolute Gasteiger partial charge is 0.376 e. The summed E-state index contributed by atoms with van der Waals surface area (Å²) in [6, 6.07) is 3.88. The SMILES string of the molecule is O=C(NCCc1cccs1)Nc1cnn(CC2CCCO2)c1. The van der Waals surface area contributed by atoms with Crippen molar-refractivity contribution >= 4 is 23.1 Å². The number of amides is 2. The molecule has 0 saturated carbocycles. The van der Waals surface area contributed by atoms with E-state index in [1.165, 1.54) is 4.88 Å². The summed E-state index contributed by atoms with van der Waals surface area (Å²) in [5, 5.41) is 11.9. The first-order valence-corrected chi connectivity index (χ1v) is 8.39. The van der Waals surface area contributed by atoms with Gasteiger partial charge in [0.25, 0.3) is 0 Å². The number of aromatic nitrogens is 2. The highest BCUT2D eigenvalue weighted by molar-refractivity contribution is 7.09. The summed E-state index contributed by atoms with van der Waals surface area (Å²) in [4.78, 5) is 13.1. The van der Waals surface area contributed by atoms with Crippen LogP contribution >= 0.6 is 11.3 Å². The second-order valence-electron chi connectivity index (χ2n) is 5.30. The van der Waals surface area contributed by atoms with Crippen LogP contribution in [0.3, 0.4) is 0 Å². The number of hydrogen-bond donors (Lipinski definition) is 2. The number of thiophene rings is 1. The van der Waals surface area contributed by atoms with Crippen LogP contribution in [-0.4, -0.2) is 35.1 Å². The lowest BCUT2D eigenvalue weighted by atomic mass is 10.2. The van der Waals surface area contributed by atoms with Crippen molar-refractivity contribution in [2.45, 2.75) is 31.9 Å². The lowest BCUT2D eigenvalue weighted by Gasteiger charge is -2.08. The van der Waals surface area contributed by atoms with Crippen molar-refractivity contribution in [3.8, 4) is 0 Å². The maximum Gasteiger partial charge on any atom is 0.319 e. The molecule has 0 aromatic carbocycles. The Kier molecular flexibility index (Phi) is 5.07. The summed E-state index contributed by atoms with van der Waals surface area (Å²) in [5.74, 6) is 0. The third-order valence-corrected chi connectivity index (χ3v) is 4.48. The normalized spacial score (nSPS) is 17.5. The highest BCUT2D eigenvalue weighted by Gasteiger charge is 2.16. The predicted molar refractivity (Wildman–Crippen MR) is 86.2 cm³/mol. The average Bonchev–Trinajstić information content (AvgIpc) is 3.22. The number of nitrogens with zero attached hydrogens (tertiary/aromatic N) is 2. The molecule has 22 heavy (non-hydrogen) atoms. The van der Waals surface area contributed by atoms with E-state index in [1.54, 1.807) is 17.5 Å². The molecule has 0 aliphatic carbocycles. The van der Waals surface area contributed by atoms with E-state index in [-0.39, 0.29) is 12.1 Å². The van der Waals surface area contributed by atoms with Crippen molar-refractivity contribution in [1.82, 2.24) is 15.1 Å². The molecule has 1 aliphatic rings. The molecule has 2 N–H and O–H groups in total. The molecule has 1 fully saturated rings. The molecule has 1 atom stereocenters. The third kappa shape index (κ3) is 4.32. The lowest BCUT2D eigenvalue weighted by molar-refractivity contribution is 0.0940. The minimum atomic E-state index is -0.201. The molecule has 0 spiro atoms. The van der Waals surface area contributed by atoms with E-state index in [4.69, 9.17) is 4.74 Å². The number of carbonyl (C=O) groups excluding carboxylic acids is 1. The van der Waals surface area contributed by atoms with Gasteiger partial charge in [0.1, 0.15) is 0 Å². The van der Waals surface area contributed by atoms with Crippen molar-refractivity contribution in [2.75, 3.05) is 18.5 Å². The van der Waals surface area contributed by atoms with Crippen LogP contribution in [0.4, 0.5) is 10.5 Å². The molecule has 0 bridgehead atoms. The molecule has 7 heteroatoms. The van der Waals surface area contributed by atoms with Gasteiger partial charge in [-0.2, -0.15) is 5.10 Å². The highest BCUT2D eigenvalue weighted by atomic mass is 32.1. The van der Waals surface area contributed by atoms with E-state index in [2.05, 4.69) is 21.8 Å². The van der Waals surface area contributed by atoms with Gasteiger partial charge in [-0.15, -0.1) is 11.3 Å². The average molecular weight is 320 g/mol. The number of rotatable bonds is 6. The van der Waals surface area contributed by atoms with Crippen LogP contribution < -0.4 is 10.6 Å². The molecular weight excluding hydrogens is 300 g/mol. The zero-order chi connectivity index (χ0) is 15.2. The van der Waals surface area contributed by atoms with Gasteiger partial charge in [-0.3, -0.25) is 4.68 Å². The quantitative estimate of drug-likeness (QED) is 0.859. The van der Waals surface area contributed by atoms with Crippen molar-refractivity contribution in [1.29, 1.82) is 0 Å². The molecule has 0 radical (unpaired) electrons. The van der Waals surface area contributed by atoms with Crippen molar-refractivity contribution in [2.24, 2.45) is 0 Å². The Hall–Kier alpha value is -1.86. The topological polar surface area (TPSA) is 68.2 Å². The summed E-state index contributed by atoms with van der Waals surface area (Å²) < 4.78 is 7.39. The van der Waals surface area contributed by atoms with Gasteiger partial charge in [0.15, 0.2) is 0 Å². The van der Waals surface area contributed by atoms with Gasteiger partial charge < -0.3 is 15.4 Å². The second kappa shape index (κ2) is 7.42. The van der Waals surface area contributed by atoms with Crippen LogP contribution in [0.25, 0.3) is 0 Å². The van der Waals surface area contributed by atoms with Gasteiger partial charge in [-0.05, 0) is 30.7 Å². The van der Waals surface area contributed by atoms with E-state index in [0.29, 0.717) is 12.2 Å². The number of hydrogen-bond acceptors (Lipinski definition) is 4. The highest BCUT2D eigenvalue weighted by Crippen LogP contribution is 2.15. The Morgan fingerprint density at radius 1 is 1.55 bits per heavy atom. The molecule has 3 rings (SSSR count). The second-order valence-corrected chi connectivity index (χ2v) is 6.33. The summed E-state index contributed by atoms with van der Waals surface area (Å²) in [6.07, 6.45) is 6.78. The maximum absolute atomic E-state index is 11.8. The summed E-state index contributed by atoms with van der Waals surface area (Å²) in [6.45, 7) is 2.20. The van der Waals surface area contributed by atoms with Gasteiger partial charge in [-0.1, -0.05) is 6.07 Å². The Labute approximate surface area is 133 Å². The van der Waals surface area contributed by atoms with Crippen molar-refractivity contribution in [3.63, 3.8) is 0 Å². The van der Waals surface area contributed by atoms with E-state index in [1.807, 2.05) is 22.3 Å². The molecule has 1 saturated heterocycles. The minimum absolute atomic E-state index is 0.201. The van der Waals surface area contributed by atoms with Crippen LogP contribution in [0.2, 0.25) is 0 Å². The zero-order valence-corrected chi connectivity index (χ0v) is 13.1. The van der Waals surface area contributed by atoms with Crippen LogP contribution in [0, 0.1) is 0 Å². The zero-order valence-electron chi connectivity index (χ0n) is 12.3. The monoisotopic (exact) mass is 320 g/mol. The smallest absolute Gasteiger partial charge is 0.319 e. The number of anilines is 1. The molecule has 3 heterocycles. The van der Waals surface area contributed by atoms with Crippen molar-refractivity contribution < 1.29 is 9.53 Å². The molecule has 118 valence electrons. The van der Waals surface area contributed by atoms with E-state index >= 15 is 0 Å². The van der Waals surface area contributed by atoms with Crippen molar-refractivity contribution in [3.05, 3.63) is 34.8 Å². The summed E-state index contributed by atoms with van der Waals surface area (Å²) >= 11 is 1.70. The van der Waals surface area contributed by atoms with E-state index < -0.39 is 0 Å². The number of ether oxygens (including phenoxy) is 1. The van der Waals surface area contributed by atoms with Gasteiger partial charge >= 0.3 is 6.03 Å². The fourth-order valence-corrected chi connectivity index (χ4v) is 3.16. The Morgan fingerprint density at radius 3 is 3.27 bits per heavy atom. The summed E-state index contributed by atoms with van der Waals surface area (Å²) in [5.41, 5.74) is 0.701. The maximum atomic E-state index is 11.8. The third-order valence-electron chi connectivity index (χ3n) is 3.54. The molecular formula is C15H20N4O2S. The fourth-order valence-electron chi connectivity index (χ4n) is 2.45. The number of nitrogens with one attached hydrogen (secondary N) is 2. The van der Waals surface area contributed by atoms with Gasteiger partial charge in [-0.25, -0.2) is 4.79 Å². The number of carbonyl (C=O) groups is 1. The first kappa shape index (κ1) is 15.1. The van der Waals surface area contributed by atoms with Crippen LogP contribution in [0.5, 0.6) is 0 Å². The van der Waals surface area contributed by atoms with Crippen LogP contribution in [-0.2, 0) is 17.7 Å². The van der Waals surface area contributed by atoms with E-state index in [9.17, 15) is 4.79 Å². The molecule has 2 aromatic rings. The first-order chi connectivity index (χ1) is 10.8. The molecule has 2 amide bonds. The first-order valence-electron chi connectivity index (χ1n) is 7.51. The Bertz CT molecular complexity index is 590. The predicted octanol–water partition coefficient (Wildman–Crippen LogP) is 2.49. The molecule has 1 aliphatic heterocycles. The van der Waals surface area contributed by atoms with Crippen LogP contribution in [0.1, 0.15) is 17.7 Å². The molecule has 2 aromatic heterocycles. The lowest BCUT2D eigenvalue weighted by Crippen LogP contribution is -2.30. The summed E-state index contributed by atoms with van der Waals surface area (Å²) in [7, 11) is 0. The standard InChI is InChI=1S/C15H20N4O2S/c20-15(16-6-5-14-4-2-8-22-14)18-12-9-17-19(10-12)11-13-3-1-7-21-13/h2,4,8-10,13H,1,3,5-7,11H2,(H2,16,18,20). The fraction of sp³-hybridized carbons (Fsp3) is 0.467. The van der Waals surface area contributed by atoms with Gasteiger partial charge in [0, 0.05) is 24.2 Å². The van der Waals surface area contributed by atoms with E-state index in [0.717, 1.165) is 32.4 Å². The Balaban J connectivity index is 1.40. The van der Waals surface area contributed by atoms with Gasteiger partial charge in [0.05, 0.1) is 24.5 Å². The molecule has 1 unspecified atom stereocenters. The van der Waals surface area contributed by atoms with Crippen LogP contribution in [0.15, 0.2) is 29.9 Å². The minimum Gasteiger partial charge on any atom is -0.376 e. The number of urea groups is 1.